The predicted octanol–water partition coefficient (Wildman–Crippen LogP) is 3.75. The fraction of sp³-hybridized carbons (Fsp3) is 0.222. The molecule has 0 fully saturated rings. The van der Waals surface area contributed by atoms with Crippen LogP contribution in [0.15, 0.2) is 42.5 Å². The summed E-state index contributed by atoms with van der Waals surface area (Å²) < 4.78 is 0. The van der Waals surface area contributed by atoms with Crippen LogP contribution < -0.4 is 16.2 Å². The van der Waals surface area contributed by atoms with Crippen molar-refractivity contribution in [2.24, 2.45) is 0 Å². The van der Waals surface area contributed by atoms with E-state index in [9.17, 15) is 0 Å². The Morgan fingerprint density at radius 3 is 2.14 bits per heavy atom. The van der Waals surface area contributed by atoms with Gasteiger partial charge in [-0.25, -0.2) is 0 Å². The van der Waals surface area contributed by atoms with Crippen LogP contribution in [0.5, 0.6) is 0 Å². The summed E-state index contributed by atoms with van der Waals surface area (Å²) in [6, 6.07) is 14.2. The number of hydrogen-bond donors (Lipinski definition) is 1. The topological polar surface area (TPSA) is 26.0 Å². The first-order chi connectivity index (χ1) is 10.1. The van der Waals surface area contributed by atoms with Gasteiger partial charge in [0.05, 0.1) is 0 Å². The van der Waals surface area contributed by atoms with Crippen molar-refractivity contribution in [2.45, 2.75) is 13.8 Å². The number of anilines is 1. The lowest BCUT2D eigenvalue weighted by atomic mass is 9.99. The fourth-order valence-electron chi connectivity index (χ4n) is 2.34. The molecule has 1 nitrogen and oxygen atoms in total. The Bertz CT molecular complexity index is 763. The van der Waals surface area contributed by atoms with Crippen molar-refractivity contribution in [3.05, 3.63) is 52.9 Å². The van der Waals surface area contributed by atoms with Gasteiger partial charge in [-0.15, -0.1) is 23.2 Å². The molecule has 0 saturated carbocycles. The zero-order chi connectivity index (χ0) is 15.4. The van der Waals surface area contributed by atoms with Crippen molar-refractivity contribution in [2.75, 3.05) is 17.5 Å². The largest absolute Gasteiger partial charge is 0.398 e. The fourth-order valence-corrected chi connectivity index (χ4v) is 2.63. The third kappa shape index (κ3) is 3.42. The lowest BCUT2D eigenvalue weighted by Crippen LogP contribution is -2.29. The molecule has 0 bridgehead atoms. The van der Waals surface area contributed by atoms with Crippen LogP contribution in [0.25, 0.3) is 22.3 Å². The van der Waals surface area contributed by atoms with E-state index in [0.717, 1.165) is 38.4 Å². The number of rotatable bonds is 3. The third-order valence-electron chi connectivity index (χ3n) is 3.61. The number of nitrogen functional groups attached to an aromatic ring is 1. The highest BCUT2D eigenvalue weighted by Gasteiger charge is 2.04. The summed E-state index contributed by atoms with van der Waals surface area (Å²) in [5.41, 5.74) is 11.3. The predicted molar refractivity (Wildman–Crippen MR) is 95.1 cm³/mol. The van der Waals surface area contributed by atoms with Crippen molar-refractivity contribution in [1.29, 1.82) is 0 Å². The molecule has 110 valence electrons. The molecule has 0 aromatic heterocycles. The Morgan fingerprint density at radius 2 is 1.52 bits per heavy atom. The minimum absolute atomic E-state index is 0.496. The van der Waals surface area contributed by atoms with Gasteiger partial charge in [0.25, 0.3) is 0 Å². The SMILES string of the molecule is CC(CCl)=c1ccc(-c2ccccc2N)cc1=C(C)CCl. The molecule has 0 amide bonds. The molecule has 2 aromatic carbocycles. The van der Waals surface area contributed by atoms with Crippen molar-refractivity contribution >= 4 is 40.0 Å². The van der Waals surface area contributed by atoms with E-state index in [1.54, 1.807) is 0 Å². The molecule has 0 atom stereocenters. The second-order valence-corrected chi connectivity index (χ2v) is 5.71. The Kier molecular flexibility index (Phi) is 5.33. The number of nitrogens with two attached hydrogens (primary N) is 1. The average Bonchev–Trinajstić information content (AvgIpc) is 2.53. The number of benzene rings is 2. The van der Waals surface area contributed by atoms with Crippen LogP contribution in [0.4, 0.5) is 5.69 Å². The maximum atomic E-state index is 6.08. The van der Waals surface area contributed by atoms with Gasteiger partial charge in [-0.2, -0.15) is 0 Å². The Hall–Kier alpha value is -1.44. The van der Waals surface area contributed by atoms with E-state index in [4.69, 9.17) is 28.9 Å². The second-order valence-electron chi connectivity index (χ2n) is 5.18. The van der Waals surface area contributed by atoms with Crippen LogP contribution in [0, 0.1) is 0 Å². The summed E-state index contributed by atoms with van der Waals surface area (Å²) in [4.78, 5) is 0. The van der Waals surface area contributed by atoms with Gasteiger partial charge in [-0.1, -0.05) is 41.5 Å². The molecular formula is C18H19Cl2N. The summed E-state index contributed by atoms with van der Waals surface area (Å²) in [7, 11) is 0. The van der Waals surface area contributed by atoms with Gasteiger partial charge in [0, 0.05) is 23.0 Å². The van der Waals surface area contributed by atoms with Crippen LogP contribution in [0.1, 0.15) is 13.8 Å². The van der Waals surface area contributed by atoms with Gasteiger partial charge in [0.1, 0.15) is 0 Å². The number of hydrogen-bond acceptors (Lipinski definition) is 1. The molecule has 2 N–H and O–H groups in total. The molecule has 0 saturated heterocycles. The van der Waals surface area contributed by atoms with Crippen LogP contribution in [-0.2, 0) is 0 Å². The highest BCUT2D eigenvalue weighted by atomic mass is 35.5. The summed E-state index contributed by atoms with van der Waals surface area (Å²) in [5, 5.41) is 2.30. The monoisotopic (exact) mass is 319 g/mol. The van der Waals surface area contributed by atoms with Crippen molar-refractivity contribution < 1.29 is 0 Å². The zero-order valence-electron chi connectivity index (χ0n) is 12.3. The van der Waals surface area contributed by atoms with Crippen LogP contribution >= 0.6 is 23.2 Å². The second kappa shape index (κ2) is 7.02. The van der Waals surface area contributed by atoms with Gasteiger partial charge in [-0.05, 0) is 42.0 Å². The van der Waals surface area contributed by atoms with Crippen molar-refractivity contribution in [1.82, 2.24) is 0 Å². The molecule has 0 aliphatic carbocycles. The third-order valence-corrected chi connectivity index (χ3v) is 4.41. The van der Waals surface area contributed by atoms with Gasteiger partial charge in [0.2, 0.25) is 0 Å². The maximum absolute atomic E-state index is 6.08. The number of alkyl halides is 2. The zero-order valence-corrected chi connectivity index (χ0v) is 13.8. The summed E-state index contributed by atoms with van der Waals surface area (Å²) in [6.45, 7) is 4.09. The van der Waals surface area contributed by atoms with Gasteiger partial charge < -0.3 is 5.73 Å². The van der Waals surface area contributed by atoms with E-state index < -0.39 is 0 Å². The molecule has 0 heterocycles. The molecule has 21 heavy (non-hydrogen) atoms. The maximum Gasteiger partial charge on any atom is 0.0439 e. The van der Waals surface area contributed by atoms with E-state index in [-0.39, 0.29) is 0 Å². The smallest absolute Gasteiger partial charge is 0.0439 e. The number of para-hydroxylation sites is 1. The van der Waals surface area contributed by atoms with E-state index in [2.05, 4.69) is 18.2 Å². The highest BCUT2D eigenvalue weighted by Crippen LogP contribution is 2.23. The molecule has 2 rings (SSSR count). The van der Waals surface area contributed by atoms with E-state index in [0.29, 0.717) is 11.8 Å². The first-order valence-corrected chi connectivity index (χ1v) is 7.91. The first kappa shape index (κ1) is 15.9. The molecule has 0 aliphatic heterocycles. The summed E-state index contributed by atoms with van der Waals surface area (Å²) in [6.07, 6.45) is 0. The van der Waals surface area contributed by atoms with Gasteiger partial charge in [-0.3, -0.25) is 0 Å². The van der Waals surface area contributed by atoms with Gasteiger partial charge in [0.15, 0.2) is 0 Å². The standard InChI is InChI=1S/C18H19Cl2N/c1-12(10-19)15-8-7-14(9-17(15)13(2)11-20)16-5-3-4-6-18(16)21/h3-9H,10-11,21H2,1-2H3. The molecule has 3 heteroatoms. The molecule has 2 aromatic rings. The lowest BCUT2D eigenvalue weighted by Gasteiger charge is -2.08. The van der Waals surface area contributed by atoms with E-state index in [1.165, 1.54) is 0 Å². The van der Waals surface area contributed by atoms with E-state index >= 15 is 0 Å². The van der Waals surface area contributed by atoms with Crippen LogP contribution in [-0.4, -0.2) is 11.8 Å². The first-order valence-electron chi connectivity index (χ1n) is 6.85. The molecule has 0 aliphatic rings. The number of halogens is 2. The summed E-state index contributed by atoms with van der Waals surface area (Å²) >= 11 is 12.0. The molecule has 0 spiro atoms. The minimum Gasteiger partial charge on any atom is -0.398 e. The normalized spacial score (nSPS) is 13.9. The van der Waals surface area contributed by atoms with Gasteiger partial charge >= 0.3 is 0 Å². The minimum atomic E-state index is 0.496. The Balaban J connectivity index is 2.79. The Morgan fingerprint density at radius 1 is 0.905 bits per heavy atom. The Labute approximate surface area is 135 Å². The van der Waals surface area contributed by atoms with E-state index in [1.807, 2.05) is 38.1 Å². The van der Waals surface area contributed by atoms with Crippen molar-refractivity contribution in [3.63, 3.8) is 0 Å². The quantitative estimate of drug-likeness (QED) is 0.676. The molecule has 0 radical (unpaired) electrons. The van der Waals surface area contributed by atoms with Crippen LogP contribution in [0.2, 0.25) is 0 Å². The summed E-state index contributed by atoms with van der Waals surface area (Å²) in [5.74, 6) is 1.01. The van der Waals surface area contributed by atoms with Crippen LogP contribution in [0.3, 0.4) is 0 Å². The molecule has 0 unspecified atom stereocenters. The van der Waals surface area contributed by atoms with Crippen molar-refractivity contribution in [3.8, 4) is 11.1 Å². The highest BCUT2D eigenvalue weighted by molar-refractivity contribution is 6.22. The molecular weight excluding hydrogens is 301 g/mol. The average molecular weight is 320 g/mol. The lowest BCUT2D eigenvalue weighted by molar-refractivity contribution is 1.39.